The maximum Gasteiger partial charge on any atom is 0.311 e. The molecule has 0 aliphatic rings. The number of ether oxygens (including phenoxy) is 1. The summed E-state index contributed by atoms with van der Waals surface area (Å²) in [6.07, 6.45) is 0.128. The van der Waals surface area contributed by atoms with Crippen LogP contribution in [0.5, 0.6) is 0 Å². The molecule has 0 bridgehead atoms. The first-order valence-corrected chi connectivity index (χ1v) is 9.89. The number of carbonyl (C=O) groups excluding carboxylic acids is 3. The number of carbonyl (C=O) groups is 3. The van der Waals surface area contributed by atoms with Crippen LogP contribution in [0.3, 0.4) is 0 Å². The standard InChI is InChI=1S/C22H20N2O4S/c25-20(15-28-21(26)13-17-9-6-12-29-17)24-19-11-5-4-10-18(19)22(27)23-14-16-7-2-1-3-8-16/h1-12H,13-15H2,(H,23,27)(H,24,25). The Morgan fingerprint density at radius 3 is 2.41 bits per heavy atom. The molecule has 0 aliphatic carbocycles. The first kappa shape index (κ1) is 20.3. The molecule has 2 amide bonds. The van der Waals surface area contributed by atoms with E-state index < -0.39 is 18.5 Å². The van der Waals surface area contributed by atoms with Crippen LogP contribution in [0.4, 0.5) is 5.69 Å². The van der Waals surface area contributed by atoms with Gasteiger partial charge in [0.15, 0.2) is 6.61 Å². The Morgan fingerprint density at radius 1 is 0.897 bits per heavy atom. The number of nitrogens with one attached hydrogen (secondary N) is 2. The van der Waals surface area contributed by atoms with Crippen LogP contribution in [0.25, 0.3) is 0 Å². The maximum absolute atomic E-state index is 12.5. The third-order valence-electron chi connectivity index (χ3n) is 4.00. The van der Waals surface area contributed by atoms with Crippen molar-refractivity contribution in [1.82, 2.24) is 5.32 Å². The molecular formula is C22H20N2O4S. The number of anilines is 1. The molecule has 7 heteroatoms. The number of hydrogen-bond donors (Lipinski definition) is 2. The van der Waals surface area contributed by atoms with Crippen LogP contribution in [0.2, 0.25) is 0 Å². The number of rotatable bonds is 8. The van der Waals surface area contributed by atoms with Gasteiger partial charge >= 0.3 is 5.97 Å². The summed E-state index contributed by atoms with van der Waals surface area (Å²) in [7, 11) is 0. The molecular weight excluding hydrogens is 388 g/mol. The van der Waals surface area contributed by atoms with Gasteiger partial charge in [-0.25, -0.2) is 0 Å². The second-order valence-corrected chi connectivity index (χ2v) is 7.21. The predicted octanol–water partition coefficient (Wildman–Crippen LogP) is 3.40. The van der Waals surface area contributed by atoms with Crippen molar-refractivity contribution in [2.75, 3.05) is 11.9 Å². The zero-order chi connectivity index (χ0) is 20.5. The summed E-state index contributed by atoms with van der Waals surface area (Å²) < 4.78 is 5.01. The number of thiophene rings is 1. The van der Waals surface area contributed by atoms with Crippen LogP contribution in [0, 0.1) is 0 Å². The molecule has 29 heavy (non-hydrogen) atoms. The van der Waals surface area contributed by atoms with Gasteiger partial charge in [-0.15, -0.1) is 11.3 Å². The smallest absolute Gasteiger partial charge is 0.311 e. The van der Waals surface area contributed by atoms with E-state index in [0.717, 1.165) is 10.4 Å². The molecule has 1 heterocycles. The molecule has 0 aliphatic heterocycles. The summed E-state index contributed by atoms with van der Waals surface area (Å²) >= 11 is 1.45. The topological polar surface area (TPSA) is 84.5 Å². The number of para-hydroxylation sites is 1. The highest BCUT2D eigenvalue weighted by molar-refractivity contribution is 7.10. The third-order valence-corrected chi connectivity index (χ3v) is 4.88. The molecule has 3 aromatic rings. The van der Waals surface area contributed by atoms with Gasteiger partial charge in [-0.05, 0) is 29.1 Å². The van der Waals surface area contributed by atoms with Crippen molar-refractivity contribution in [1.29, 1.82) is 0 Å². The Hall–Kier alpha value is -3.45. The van der Waals surface area contributed by atoms with E-state index in [4.69, 9.17) is 4.74 Å². The van der Waals surface area contributed by atoms with Crippen molar-refractivity contribution in [2.45, 2.75) is 13.0 Å². The average Bonchev–Trinajstić information content (AvgIpc) is 3.24. The van der Waals surface area contributed by atoms with Crippen LogP contribution in [-0.2, 0) is 27.3 Å². The molecule has 2 N–H and O–H groups in total. The molecule has 0 unspecified atom stereocenters. The van der Waals surface area contributed by atoms with Crippen molar-refractivity contribution in [3.8, 4) is 0 Å². The fourth-order valence-corrected chi connectivity index (χ4v) is 3.29. The minimum Gasteiger partial charge on any atom is -0.455 e. The van der Waals surface area contributed by atoms with E-state index in [0.29, 0.717) is 17.8 Å². The van der Waals surface area contributed by atoms with Crippen molar-refractivity contribution >= 4 is 34.8 Å². The van der Waals surface area contributed by atoms with Crippen molar-refractivity contribution < 1.29 is 19.1 Å². The van der Waals surface area contributed by atoms with E-state index in [2.05, 4.69) is 10.6 Å². The zero-order valence-electron chi connectivity index (χ0n) is 15.6. The number of esters is 1. The van der Waals surface area contributed by atoms with Gasteiger partial charge in [0.25, 0.3) is 11.8 Å². The Kier molecular flexibility index (Phi) is 7.13. The predicted molar refractivity (Wildman–Crippen MR) is 112 cm³/mol. The van der Waals surface area contributed by atoms with E-state index in [1.54, 1.807) is 24.3 Å². The lowest BCUT2D eigenvalue weighted by Gasteiger charge is -2.12. The molecule has 0 fully saturated rings. The van der Waals surface area contributed by atoms with Crippen molar-refractivity contribution in [3.63, 3.8) is 0 Å². The minimum atomic E-state index is -0.507. The molecule has 0 saturated carbocycles. The molecule has 1 aromatic heterocycles. The zero-order valence-corrected chi connectivity index (χ0v) is 16.4. The van der Waals surface area contributed by atoms with Gasteiger partial charge in [-0.3, -0.25) is 14.4 Å². The maximum atomic E-state index is 12.5. The minimum absolute atomic E-state index is 0.128. The van der Waals surface area contributed by atoms with E-state index in [9.17, 15) is 14.4 Å². The van der Waals surface area contributed by atoms with Crippen LogP contribution in [0.1, 0.15) is 20.8 Å². The highest BCUT2D eigenvalue weighted by Gasteiger charge is 2.14. The number of hydrogen-bond acceptors (Lipinski definition) is 5. The summed E-state index contributed by atoms with van der Waals surface area (Å²) in [5.41, 5.74) is 1.67. The quantitative estimate of drug-likeness (QED) is 0.560. The van der Waals surface area contributed by atoms with E-state index in [1.807, 2.05) is 47.8 Å². The summed E-state index contributed by atoms with van der Waals surface area (Å²) in [5.74, 6) is -1.29. The summed E-state index contributed by atoms with van der Waals surface area (Å²) in [5, 5.41) is 7.33. The molecule has 0 saturated heterocycles. The highest BCUT2D eigenvalue weighted by Crippen LogP contribution is 2.15. The number of benzene rings is 2. The SMILES string of the molecule is O=C(COC(=O)Cc1cccs1)Nc1ccccc1C(=O)NCc1ccccc1. The Bertz CT molecular complexity index is 971. The molecule has 148 valence electrons. The van der Waals surface area contributed by atoms with Crippen molar-refractivity contribution in [3.05, 3.63) is 88.1 Å². The molecule has 3 rings (SSSR count). The first-order valence-electron chi connectivity index (χ1n) is 9.01. The van der Waals surface area contributed by atoms with Gasteiger partial charge in [0, 0.05) is 11.4 Å². The normalized spacial score (nSPS) is 10.2. The fourth-order valence-electron chi connectivity index (χ4n) is 2.60. The monoisotopic (exact) mass is 408 g/mol. The van der Waals surface area contributed by atoms with Gasteiger partial charge in [-0.2, -0.15) is 0 Å². The Balaban J connectivity index is 1.53. The molecule has 0 spiro atoms. The van der Waals surface area contributed by atoms with Gasteiger partial charge < -0.3 is 15.4 Å². The average molecular weight is 408 g/mol. The third kappa shape index (κ3) is 6.29. The lowest BCUT2D eigenvalue weighted by atomic mass is 10.1. The van der Waals surface area contributed by atoms with Crippen LogP contribution < -0.4 is 10.6 Å². The van der Waals surface area contributed by atoms with Crippen LogP contribution >= 0.6 is 11.3 Å². The van der Waals surface area contributed by atoms with Crippen LogP contribution in [-0.4, -0.2) is 24.4 Å². The van der Waals surface area contributed by atoms with Gasteiger partial charge in [0.1, 0.15) is 0 Å². The lowest BCUT2D eigenvalue weighted by Crippen LogP contribution is -2.26. The van der Waals surface area contributed by atoms with Gasteiger partial charge in [0.05, 0.1) is 17.7 Å². The second-order valence-electron chi connectivity index (χ2n) is 6.18. The van der Waals surface area contributed by atoms with E-state index >= 15 is 0 Å². The van der Waals surface area contributed by atoms with Gasteiger partial charge in [-0.1, -0.05) is 48.5 Å². The Morgan fingerprint density at radius 2 is 1.66 bits per heavy atom. The van der Waals surface area contributed by atoms with E-state index in [1.165, 1.54) is 11.3 Å². The highest BCUT2D eigenvalue weighted by atomic mass is 32.1. The first-order chi connectivity index (χ1) is 14.1. The molecule has 0 atom stereocenters. The van der Waals surface area contributed by atoms with E-state index in [-0.39, 0.29) is 12.3 Å². The van der Waals surface area contributed by atoms with Crippen molar-refractivity contribution in [2.24, 2.45) is 0 Å². The largest absolute Gasteiger partial charge is 0.455 e. The van der Waals surface area contributed by atoms with Gasteiger partial charge in [0.2, 0.25) is 0 Å². The molecule has 6 nitrogen and oxygen atoms in total. The number of amides is 2. The summed E-state index contributed by atoms with van der Waals surface area (Å²) in [4.78, 5) is 37.3. The molecule has 2 aromatic carbocycles. The Labute approximate surface area is 172 Å². The second kappa shape index (κ2) is 10.2. The van der Waals surface area contributed by atoms with Crippen LogP contribution in [0.15, 0.2) is 72.1 Å². The lowest BCUT2D eigenvalue weighted by molar-refractivity contribution is -0.146. The summed E-state index contributed by atoms with van der Waals surface area (Å²) in [6.45, 7) is -0.0353. The molecule has 0 radical (unpaired) electrons. The fraction of sp³-hybridized carbons (Fsp3) is 0.136. The summed E-state index contributed by atoms with van der Waals surface area (Å²) in [6, 6.07) is 19.9.